The fourth-order valence-electron chi connectivity index (χ4n) is 1.38. The van der Waals surface area contributed by atoms with Gasteiger partial charge in [-0.3, -0.25) is 4.99 Å². The molecule has 1 aliphatic rings. The van der Waals surface area contributed by atoms with E-state index in [-0.39, 0.29) is 0 Å². The maximum atomic E-state index is 4.42. The Bertz CT molecular complexity index is 116. The summed E-state index contributed by atoms with van der Waals surface area (Å²) in [7, 11) is 0. The predicted molar refractivity (Wildman–Crippen MR) is 45.7 cm³/mol. The summed E-state index contributed by atoms with van der Waals surface area (Å²) in [5, 5.41) is 0. The second kappa shape index (κ2) is 4.48. The van der Waals surface area contributed by atoms with E-state index < -0.39 is 0 Å². The van der Waals surface area contributed by atoms with Gasteiger partial charge in [0, 0.05) is 12.3 Å². The lowest BCUT2D eigenvalue weighted by molar-refractivity contribution is 0.739. The highest BCUT2D eigenvalue weighted by Crippen LogP contribution is 2.10. The Kier molecular flexibility index (Phi) is 3.48. The van der Waals surface area contributed by atoms with Gasteiger partial charge in [-0.25, -0.2) is 0 Å². The highest BCUT2D eigenvalue weighted by molar-refractivity contribution is 5.85. The molecule has 0 amide bonds. The lowest BCUT2D eigenvalue weighted by atomic mass is 10.1. The molecule has 0 bridgehead atoms. The molecular formula is C9H17N. The van der Waals surface area contributed by atoms with Crippen LogP contribution in [0.5, 0.6) is 0 Å². The van der Waals surface area contributed by atoms with E-state index in [9.17, 15) is 0 Å². The number of aliphatic imine (C=N–C) groups is 1. The van der Waals surface area contributed by atoms with Crippen LogP contribution in [0.25, 0.3) is 0 Å². The highest BCUT2D eigenvalue weighted by atomic mass is 14.8. The molecule has 0 fully saturated rings. The number of hydrogen-bond donors (Lipinski definition) is 0. The number of nitrogens with zero attached hydrogens (tertiary/aromatic N) is 1. The monoisotopic (exact) mass is 139 g/mol. The van der Waals surface area contributed by atoms with E-state index in [0.717, 1.165) is 6.54 Å². The van der Waals surface area contributed by atoms with Crippen LogP contribution in [0.2, 0.25) is 0 Å². The molecule has 1 aliphatic heterocycles. The molecule has 0 aromatic rings. The summed E-state index contributed by atoms with van der Waals surface area (Å²) < 4.78 is 0. The quantitative estimate of drug-likeness (QED) is 0.531. The summed E-state index contributed by atoms with van der Waals surface area (Å²) in [5.41, 5.74) is 1.48. The van der Waals surface area contributed by atoms with Gasteiger partial charge in [-0.05, 0) is 25.7 Å². The molecule has 0 aromatic heterocycles. The van der Waals surface area contributed by atoms with E-state index in [1.165, 1.54) is 44.2 Å². The lowest BCUT2D eigenvalue weighted by Gasteiger charge is -1.96. The molecule has 1 heterocycles. The fraction of sp³-hybridized carbons (Fsp3) is 0.889. The van der Waals surface area contributed by atoms with Crippen molar-refractivity contribution < 1.29 is 0 Å². The van der Waals surface area contributed by atoms with E-state index in [1.54, 1.807) is 0 Å². The zero-order valence-electron chi connectivity index (χ0n) is 6.90. The van der Waals surface area contributed by atoms with Gasteiger partial charge in [-0.2, -0.15) is 0 Å². The topological polar surface area (TPSA) is 12.4 Å². The first-order valence-electron chi connectivity index (χ1n) is 4.45. The SMILES string of the molecule is CCCCCC1=NCCC1. The molecule has 0 aromatic carbocycles. The molecule has 1 nitrogen and oxygen atoms in total. The van der Waals surface area contributed by atoms with Crippen LogP contribution in [-0.4, -0.2) is 12.3 Å². The first kappa shape index (κ1) is 7.77. The molecule has 0 saturated carbocycles. The molecule has 0 aliphatic carbocycles. The van der Waals surface area contributed by atoms with Crippen LogP contribution in [0, 0.1) is 0 Å². The maximum absolute atomic E-state index is 4.42. The van der Waals surface area contributed by atoms with Crippen LogP contribution in [0.15, 0.2) is 4.99 Å². The molecule has 0 spiro atoms. The van der Waals surface area contributed by atoms with Crippen molar-refractivity contribution in [1.82, 2.24) is 0 Å². The van der Waals surface area contributed by atoms with Gasteiger partial charge in [0.1, 0.15) is 0 Å². The van der Waals surface area contributed by atoms with Crippen LogP contribution in [0.3, 0.4) is 0 Å². The van der Waals surface area contributed by atoms with Crippen LogP contribution in [-0.2, 0) is 0 Å². The Hall–Kier alpha value is -0.330. The molecule has 58 valence electrons. The van der Waals surface area contributed by atoms with E-state index >= 15 is 0 Å². The van der Waals surface area contributed by atoms with Gasteiger partial charge in [0.15, 0.2) is 0 Å². The third kappa shape index (κ3) is 2.51. The van der Waals surface area contributed by atoms with E-state index in [1.807, 2.05) is 0 Å². The van der Waals surface area contributed by atoms with Gasteiger partial charge < -0.3 is 0 Å². The van der Waals surface area contributed by atoms with Crippen molar-refractivity contribution in [3.63, 3.8) is 0 Å². The Labute approximate surface area is 63.5 Å². The van der Waals surface area contributed by atoms with Crippen LogP contribution < -0.4 is 0 Å². The molecular weight excluding hydrogens is 122 g/mol. The summed E-state index contributed by atoms with van der Waals surface area (Å²) in [6.45, 7) is 3.35. The highest BCUT2D eigenvalue weighted by Gasteiger charge is 2.04. The molecule has 0 N–H and O–H groups in total. The first-order valence-corrected chi connectivity index (χ1v) is 4.45. The van der Waals surface area contributed by atoms with Crippen molar-refractivity contribution in [3.05, 3.63) is 0 Å². The van der Waals surface area contributed by atoms with Crippen molar-refractivity contribution in [1.29, 1.82) is 0 Å². The summed E-state index contributed by atoms with van der Waals surface area (Å²) in [4.78, 5) is 4.42. The van der Waals surface area contributed by atoms with Gasteiger partial charge in [-0.1, -0.05) is 19.8 Å². The molecule has 0 saturated heterocycles. The van der Waals surface area contributed by atoms with Crippen molar-refractivity contribution in [3.8, 4) is 0 Å². The van der Waals surface area contributed by atoms with Crippen LogP contribution in [0.1, 0.15) is 45.4 Å². The van der Waals surface area contributed by atoms with E-state index in [2.05, 4.69) is 11.9 Å². The average molecular weight is 139 g/mol. The second-order valence-corrected chi connectivity index (χ2v) is 3.01. The summed E-state index contributed by atoms with van der Waals surface area (Å²) in [6.07, 6.45) is 7.92. The fourth-order valence-corrected chi connectivity index (χ4v) is 1.38. The number of unbranched alkanes of at least 4 members (excludes halogenated alkanes) is 2. The van der Waals surface area contributed by atoms with Gasteiger partial charge in [0.25, 0.3) is 0 Å². The normalized spacial score (nSPS) is 17.5. The predicted octanol–water partition coefficient (Wildman–Crippen LogP) is 2.80. The molecule has 1 heteroatoms. The lowest BCUT2D eigenvalue weighted by Crippen LogP contribution is -1.91. The van der Waals surface area contributed by atoms with E-state index in [4.69, 9.17) is 0 Å². The number of hydrogen-bond acceptors (Lipinski definition) is 1. The molecule has 0 atom stereocenters. The maximum Gasteiger partial charge on any atom is 0.0392 e. The summed E-state index contributed by atoms with van der Waals surface area (Å²) in [6, 6.07) is 0. The third-order valence-electron chi connectivity index (χ3n) is 2.03. The molecule has 1 rings (SSSR count). The molecule has 0 radical (unpaired) electrons. The molecule has 10 heavy (non-hydrogen) atoms. The van der Waals surface area contributed by atoms with Crippen LogP contribution in [0.4, 0.5) is 0 Å². The average Bonchev–Trinajstić information content (AvgIpc) is 2.41. The second-order valence-electron chi connectivity index (χ2n) is 3.01. The van der Waals surface area contributed by atoms with Crippen molar-refractivity contribution in [2.24, 2.45) is 4.99 Å². The van der Waals surface area contributed by atoms with Gasteiger partial charge in [-0.15, -0.1) is 0 Å². The Morgan fingerprint density at radius 2 is 2.30 bits per heavy atom. The summed E-state index contributed by atoms with van der Waals surface area (Å²) >= 11 is 0. The number of rotatable bonds is 4. The minimum atomic E-state index is 1.10. The minimum absolute atomic E-state index is 1.10. The first-order chi connectivity index (χ1) is 4.93. The largest absolute Gasteiger partial charge is 0.294 e. The minimum Gasteiger partial charge on any atom is -0.294 e. The van der Waals surface area contributed by atoms with Crippen LogP contribution >= 0.6 is 0 Å². The Morgan fingerprint density at radius 1 is 1.40 bits per heavy atom. The smallest absolute Gasteiger partial charge is 0.0392 e. The van der Waals surface area contributed by atoms with Crippen molar-refractivity contribution in [2.75, 3.05) is 6.54 Å². The van der Waals surface area contributed by atoms with Gasteiger partial charge in [0.05, 0.1) is 0 Å². The zero-order chi connectivity index (χ0) is 7.23. The summed E-state index contributed by atoms with van der Waals surface area (Å²) in [5.74, 6) is 0. The van der Waals surface area contributed by atoms with Gasteiger partial charge >= 0.3 is 0 Å². The Morgan fingerprint density at radius 3 is 2.90 bits per heavy atom. The standard InChI is InChI=1S/C9H17N/c1-2-3-4-6-9-7-5-8-10-9/h2-8H2,1H3. The third-order valence-corrected chi connectivity index (χ3v) is 2.03. The van der Waals surface area contributed by atoms with Gasteiger partial charge in [0.2, 0.25) is 0 Å². The molecule has 0 unspecified atom stereocenters. The van der Waals surface area contributed by atoms with Crippen molar-refractivity contribution >= 4 is 5.71 Å². The Balaban J connectivity index is 2.01. The zero-order valence-corrected chi connectivity index (χ0v) is 6.90. The van der Waals surface area contributed by atoms with E-state index in [0.29, 0.717) is 0 Å². The van der Waals surface area contributed by atoms with Crippen molar-refractivity contribution in [2.45, 2.75) is 45.4 Å².